The van der Waals surface area contributed by atoms with Gasteiger partial charge in [0.05, 0.1) is 19.6 Å². The van der Waals surface area contributed by atoms with E-state index in [4.69, 9.17) is 0 Å². The number of hydrogen-bond donors (Lipinski definition) is 2. The van der Waals surface area contributed by atoms with E-state index in [1.807, 2.05) is 0 Å². The number of aliphatic hydroxyl groups is 1. The summed E-state index contributed by atoms with van der Waals surface area (Å²) in [5, 5.41) is 12.6. The zero-order valence-electron chi connectivity index (χ0n) is 7.25. The van der Waals surface area contributed by atoms with Gasteiger partial charge in [0.2, 0.25) is 0 Å². The Morgan fingerprint density at radius 1 is 1.83 bits per heavy atom. The molecule has 70 valence electrons. The summed E-state index contributed by atoms with van der Waals surface area (Å²) in [6, 6.07) is 0.0732. The molecule has 0 aromatic rings. The van der Waals surface area contributed by atoms with E-state index in [0.717, 1.165) is 19.4 Å². The largest absolute Gasteiger partial charge is 0.469 e. The standard InChI is InChI=1S/C8H15NO3/c1-12-8(11)5-7(10)6-3-2-4-9-6/h6-7,9-10H,2-5H2,1H3/t6-,7+/m0/s1. The fourth-order valence-corrected chi connectivity index (χ4v) is 1.44. The van der Waals surface area contributed by atoms with Crippen molar-refractivity contribution in [3.63, 3.8) is 0 Å². The Morgan fingerprint density at radius 2 is 2.58 bits per heavy atom. The molecule has 2 N–H and O–H groups in total. The van der Waals surface area contributed by atoms with Gasteiger partial charge >= 0.3 is 5.97 Å². The molecule has 0 unspecified atom stereocenters. The second-order valence-corrected chi connectivity index (χ2v) is 3.05. The molecule has 0 aliphatic carbocycles. The van der Waals surface area contributed by atoms with Crippen LogP contribution in [0.1, 0.15) is 19.3 Å². The third kappa shape index (κ3) is 2.46. The molecular formula is C8H15NO3. The van der Waals surface area contributed by atoms with Gasteiger partial charge in [0.25, 0.3) is 0 Å². The minimum atomic E-state index is -0.597. The Morgan fingerprint density at radius 3 is 3.08 bits per heavy atom. The predicted molar refractivity (Wildman–Crippen MR) is 43.7 cm³/mol. The van der Waals surface area contributed by atoms with Gasteiger partial charge in [0.15, 0.2) is 0 Å². The van der Waals surface area contributed by atoms with Crippen LogP contribution in [-0.4, -0.2) is 36.9 Å². The lowest BCUT2D eigenvalue weighted by atomic mass is 10.1. The Labute approximate surface area is 71.9 Å². The van der Waals surface area contributed by atoms with Gasteiger partial charge in [0.1, 0.15) is 0 Å². The number of hydrogen-bond acceptors (Lipinski definition) is 4. The second-order valence-electron chi connectivity index (χ2n) is 3.05. The molecule has 2 atom stereocenters. The maximum atomic E-state index is 10.8. The maximum absolute atomic E-state index is 10.8. The van der Waals surface area contributed by atoms with E-state index in [-0.39, 0.29) is 18.4 Å². The molecular weight excluding hydrogens is 158 g/mol. The summed E-state index contributed by atoms with van der Waals surface area (Å²) in [5.74, 6) is -0.351. The van der Waals surface area contributed by atoms with Gasteiger partial charge in [-0.15, -0.1) is 0 Å². The van der Waals surface area contributed by atoms with Crippen LogP contribution < -0.4 is 5.32 Å². The fourth-order valence-electron chi connectivity index (χ4n) is 1.44. The molecule has 1 fully saturated rings. The van der Waals surface area contributed by atoms with Gasteiger partial charge < -0.3 is 15.2 Å². The smallest absolute Gasteiger partial charge is 0.308 e. The van der Waals surface area contributed by atoms with E-state index in [1.165, 1.54) is 7.11 Å². The molecule has 1 heterocycles. The molecule has 4 nitrogen and oxygen atoms in total. The average Bonchev–Trinajstić information content (AvgIpc) is 2.56. The number of aliphatic hydroxyl groups excluding tert-OH is 1. The fraction of sp³-hybridized carbons (Fsp3) is 0.875. The van der Waals surface area contributed by atoms with Crippen LogP contribution >= 0.6 is 0 Å². The highest BCUT2D eigenvalue weighted by atomic mass is 16.5. The van der Waals surface area contributed by atoms with Gasteiger partial charge in [-0.3, -0.25) is 4.79 Å². The van der Waals surface area contributed by atoms with Gasteiger partial charge in [-0.1, -0.05) is 0 Å². The van der Waals surface area contributed by atoms with Crippen LogP contribution in [0.3, 0.4) is 0 Å². The van der Waals surface area contributed by atoms with Gasteiger partial charge in [0, 0.05) is 6.04 Å². The summed E-state index contributed by atoms with van der Waals surface area (Å²) in [5.41, 5.74) is 0. The molecule has 0 radical (unpaired) electrons. The number of carbonyl (C=O) groups excluding carboxylic acids is 1. The van der Waals surface area contributed by atoms with E-state index < -0.39 is 6.10 Å². The molecule has 4 heteroatoms. The molecule has 12 heavy (non-hydrogen) atoms. The molecule has 0 spiro atoms. The topological polar surface area (TPSA) is 58.6 Å². The molecule has 0 amide bonds. The quantitative estimate of drug-likeness (QED) is 0.573. The Bertz CT molecular complexity index is 154. The van der Waals surface area contributed by atoms with Crippen molar-refractivity contribution in [1.82, 2.24) is 5.32 Å². The van der Waals surface area contributed by atoms with Crippen LogP contribution in [0.15, 0.2) is 0 Å². The maximum Gasteiger partial charge on any atom is 0.308 e. The first kappa shape index (κ1) is 9.48. The number of esters is 1. The van der Waals surface area contributed by atoms with Gasteiger partial charge in [-0.25, -0.2) is 0 Å². The molecule has 1 aliphatic heterocycles. The van der Waals surface area contributed by atoms with Gasteiger partial charge in [-0.2, -0.15) is 0 Å². The molecule has 0 aromatic heterocycles. The summed E-state index contributed by atoms with van der Waals surface area (Å²) in [6.45, 7) is 0.933. The predicted octanol–water partition coefficient (Wildman–Crippen LogP) is -0.338. The highest BCUT2D eigenvalue weighted by Crippen LogP contribution is 2.11. The van der Waals surface area contributed by atoms with Crippen molar-refractivity contribution in [2.45, 2.75) is 31.4 Å². The summed E-state index contributed by atoms with van der Waals surface area (Å²) >= 11 is 0. The van der Waals surface area contributed by atoms with Crippen molar-refractivity contribution in [1.29, 1.82) is 0 Å². The van der Waals surface area contributed by atoms with Crippen molar-refractivity contribution < 1.29 is 14.6 Å². The van der Waals surface area contributed by atoms with Crippen molar-refractivity contribution in [3.8, 4) is 0 Å². The van der Waals surface area contributed by atoms with E-state index in [0.29, 0.717) is 0 Å². The van der Waals surface area contributed by atoms with Crippen molar-refractivity contribution >= 4 is 5.97 Å². The van der Waals surface area contributed by atoms with Crippen LogP contribution in [0.5, 0.6) is 0 Å². The third-order valence-electron chi connectivity index (χ3n) is 2.17. The summed E-state index contributed by atoms with van der Waals surface area (Å²) in [4.78, 5) is 10.8. The molecule has 0 saturated carbocycles. The second kappa shape index (κ2) is 4.42. The van der Waals surface area contributed by atoms with Crippen LogP contribution in [0, 0.1) is 0 Å². The minimum Gasteiger partial charge on any atom is -0.469 e. The molecule has 1 rings (SSSR count). The van der Waals surface area contributed by atoms with E-state index in [2.05, 4.69) is 10.1 Å². The Kier molecular flexibility index (Phi) is 3.49. The first-order valence-electron chi connectivity index (χ1n) is 4.22. The highest BCUT2D eigenvalue weighted by molar-refractivity contribution is 5.69. The Hall–Kier alpha value is -0.610. The number of carbonyl (C=O) groups is 1. The normalized spacial score (nSPS) is 25.3. The SMILES string of the molecule is COC(=O)C[C@@H](O)[C@@H]1CCCN1. The summed E-state index contributed by atoms with van der Waals surface area (Å²) in [6.07, 6.45) is 1.51. The van der Waals surface area contributed by atoms with Crippen LogP contribution in [-0.2, 0) is 9.53 Å². The first-order chi connectivity index (χ1) is 5.74. The third-order valence-corrected chi connectivity index (χ3v) is 2.17. The zero-order chi connectivity index (χ0) is 8.97. The summed E-state index contributed by atoms with van der Waals surface area (Å²) < 4.78 is 4.45. The molecule has 0 bridgehead atoms. The average molecular weight is 173 g/mol. The van der Waals surface area contributed by atoms with Crippen LogP contribution in [0.25, 0.3) is 0 Å². The Balaban J connectivity index is 2.26. The van der Waals surface area contributed by atoms with Crippen molar-refractivity contribution in [2.75, 3.05) is 13.7 Å². The molecule has 0 aromatic carbocycles. The van der Waals surface area contributed by atoms with E-state index >= 15 is 0 Å². The van der Waals surface area contributed by atoms with Crippen molar-refractivity contribution in [3.05, 3.63) is 0 Å². The number of nitrogens with one attached hydrogen (secondary N) is 1. The van der Waals surface area contributed by atoms with Crippen LogP contribution in [0.2, 0.25) is 0 Å². The summed E-state index contributed by atoms with van der Waals surface area (Å²) in [7, 11) is 1.33. The number of ether oxygens (including phenoxy) is 1. The number of rotatable bonds is 3. The zero-order valence-corrected chi connectivity index (χ0v) is 7.25. The monoisotopic (exact) mass is 173 g/mol. The highest BCUT2D eigenvalue weighted by Gasteiger charge is 2.24. The minimum absolute atomic E-state index is 0.0732. The van der Waals surface area contributed by atoms with Gasteiger partial charge in [-0.05, 0) is 19.4 Å². The van der Waals surface area contributed by atoms with E-state index in [9.17, 15) is 9.90 Å². The number of methoxy groups -OCH3 is 1. The van der Waals surface area contributed by atoms with E-state index in [1.54, 1.807) is 0 Å². The molecule has 1 aliphatic rings. The lowest BCUT2D eigenvalue weighted by molar-refractivity contribution is -0.143. The molecule has 1 saturated heterocycles. The van der Waals surface area contributed by atoms with Crippen LogP contribution in [0.4, 0.5) is 0 Å². The van der Waals surface area contributed by atoms with Crippen molar-refractivity contribution in [2.24, 2.45) is 0 Å². The lowest BCUT2D eigenvalue weighted by Gasteiger charge is -2.16. The first-order valence-corrected chi connectivity index (χ1v) is 4.22. The lowest BCUT2D eigenvalue weighted by Crippen LogP contribution is -2.36.